The van der Waals surface area contributed by atoms with Crippen LogP contribution in [0.4, 0.5) is 0 Å². The van der Waals surface area contributed by atoms with Crippen LogP contribution in [0.25, 0.3) is 54.9 Å². The van der Waals surface area contributed by atoms with Crippen LogP contribution < -0.4 is 0 Å². The maximum absolute atomic E-state index is 2.45. The third-order valence-corrected chi connectivity index (χ3v) is 9.75. The summed E-state index contributed by atoms with van der Waals surface area (Å²) in [6.45, 7) is 4.49. The molecule has 2 aliphatic rings. The Labute approximate surface area is 228 Å². The molecule has 0 N–H and O–H groups in total. The Morgan fingerprint density at radius 1 is 0.526 bits per heavy atom. The molecular weight excluding hydrogens is 476 g/mol. The van der Waals surface area contributed by atoms with E-state index in [2.05, 4.69) is 111 Å². The summed E-state index contributed by atoms with van der Waals surface area (Å²) in [4.78, 5) is 0. The Morgan fingerprint density at radius 3 is 2.29 bits per heavy atom. The molecule has 0 unspecified atom stereocenters. The van der Waals surface area contributed by atoms with Crippen molar-refractivity contribution >= 4 is 33.3 Å². The van der Waals surface area contributed by atoms with Crippen molar-refractivity contribution in [2.45, 2.75) is 31.8 Å². The standard InChI is InChI=1S/C37H28S/c1-22-7-5-8-24-13-14-25(18-33(22)24)29-15-16-32(30-12-6-9-26-20-38-21-35(26)30)37-34(29)19-27-17-23(2)28-10-3-4-11-31(28)36(27)37/h3-18H,19-21H2,1-2H3. The third-order valence-electron chi connectivity index (χ3n) is 8.74. The average molecular weight is 505 g/mol. The monoisotopic (exact) mass is 504 g/mol. The molecule has 0 nitrogen and oxygen atoms in total. The molecule has 1 aliphatic heterocycles. The topological polar surface area (TPSA) is 0 Å². The summed E-state index contributed by atoms with van der Waals surface area (Å²) >= 11 is 2.04. The molecule has 38 heavy (non-hydrogen) atoms. The van der Waals surface area contributed by atoms with Gasteiger partial charge in [-0.2, -0.15) is 11.8 Å². The van der Waals surface area contributed by atoms with Crippen LogP contribution in [0.15, 0.2) is 97.1 Å². The first kappa shape index (κ1) is 22.2. The van der Waals surface area contributed by atoms with Crippen molar-refractivity contribution in [2.75, 3.05) is 0 Å². The predicted molar refractivity (Wildman–Crippen MR) is 165 cm³/mol. The Morgan fingerprint density at radius 2 is 1.37 bits per heavy atom. The molecule has 6 aromatic carbocycles. The predicted octanol–water partition coefficient (Wildman–Crippen LogP) is 10.3. The quantitative estimate of drug-likeness (QED) is 0.226. The molecule has 0 spiro atoms. The smallest absolute Gasteiger partial charge is 0.0197 e. The lowest BCUT2D eigenvalue weighted by Crippen LogP contribution is -1.95. The highest BCUT2D eigenvalue weighted by atomic mass is 32.2. The van der Waals surface area contributed by atoms with Crippen LogP contribution in [0, 0.1) is 13.8 Å². The van der Waals surface area contributed by atoms with Crippen molar-refractivity contribution in [1.82, 2.24) is 0 Å². The maximum Gasteiger partial charge on any atom is 0.0197 e. The lowest BCUT2D eigenvalue weighted by atomic mass is 9.85. The van der Waals surface area contributed by atoms with E-state index in [-0.39, 0.29) is 0 Å². The largest absolute Gasteiger partial charge is 0.152 e. The SMILES string of the molecule is Cc1cccc2ccc(-c3ccc(-c4cccc5c4CSC5)c4c3Cc3cc(C)c5ccccc5c3-4)cc12. The fourth-order valence-corrected chi connectivity index (χ4v) is 8.06. The first-order chi connectivity index (χ1) is 18.7. The van der Waals surface area contributed by atoms with Gasteiger partial charge in [0.15, 0.2) is 0 Å². The van der Waals surface area contributed by atoms with Crippen LogP contribution in [-0.4, -0.2) is 0 Å². The van der Waals surface area contributed by atoms with Gasteiger partial charge < -0.3 is 0 Å². The number of rotatable bonds is 2. The van der Waals surface area contributed by atoms with E-state index in [4.69, 9.17) is 0 Å². The normalized spacial score (nSPS) is 13.6. The van der Waals surface area contributed by atoms with Crippen molar-refractivity contribution in [3.8, 4) is 33.4 Å². The van der Waals surface area contributed by atoms with E-state index in [9.17, 15) is 0 Å². The molecular formula is C37H28S. The van der Waals surface area contributed by atoms with Crippen LogP contribution in [0.2, 0.25) is 0 Å². The molecule has 1 aliphatic carbocycles. The zero-order valence-corrected chi connectivity index (χ0v) is 22.6. The second-order valence-electron chi connectivity index (χ2n) is 10.9. The van der Waals surface area contributed by atoms with Crippen LogP contribution in [0.3, 0.4) is 0 Å². The van der Waals surface area contributed by atoms with Crippen LogP contribution in [0.1, 0.15) is 33.4 Å². The molecule has 1 heterocycles. The van der Waals surface area contributed by atoms with Gasteiger partial charge in [0.05, 0.1) is 0 Å². The van der Waals surface area contributed by atoms with Crippen molar-refractivity contribution in [2.24, 2.45) is 0 Å². The van der Waals surface area contributed by atoms with Crippen molar-refractivity contribution in [3.63, 3.8) is 0 Å². The van der Waals surface area contributed by atoms with Crippen molar-refractivity contribution in [1.29, 1.82) is 0 Å². The molecule has 0 saturated heterocycles. The number of benzene rings is 6. The Bertz CT molecular complexity index is 1940. The number of hydrogen-bond acceptors (Lipinski definition) is 1. The molecule has 0 aromatic heterocycles. The average Bonchev–Trinajstić information content (AvgIpc) is 3.58. The highest BCUT2D eigenvalue weighted by molar-refractivity contribution is 7.98. The fourth-order valence-electron chi connectivity index (χ4n) is 6.92. The molecule has 0 amide bonds. The zero-order chi connectivity index (χ0) is 25.4. The lowest BCUT2D eigenvalue weighted by Gasteiger charge is -2.18. The molecule has 1 heteroatoms. The van der Waals surface area contributed by atoms with E-state index in [0.29, 0.717) is 0 Å². The minimum absolute atomic E-state index is 0.981. The highest BCUT2D eigenvalue weighted by Gasteiger charge is 2.29. The van der Waals surface area contributed by atoms with E-state index >= 15 is 0 Å². The Balaban J connectivity index is 1.46. The zero-order valence-electron chi connectivity index (χ0n) is 21.8. The fraction of sp³-hybridized carbons (Fsp3) is 0.135. The van der Waals surface area contributed by atoms with Gasteiger partial charge in [0.25, 0.3) is 0 Å². The van der Waals surface area contributed by atoms with Gasteiger partial charge in [-0.15, -0.1) is 0 Å². The summed E-state index contributed by atoms with van der Waals surface area (Å²) in [6.07, 6.45) is 0.981. The summed E-state index contributed by atoms with van der Waals surface area (Å²) < 4.78 is 0. The van der Waals surface area contributed by atoms with Gasteiger partial charge in [-0.3, -0.25) is 0 Å². The molecule has 0 saturated carbocycles. The summed E-state index contributed by atoms with van der Waals surface area (Å²) in [5, 5.41) is 5.41. The summed E-state index contributed by atoms with van der Waals surface area (Å²) in [6, 6.07) is 36.8. The number of hydrogen-bond donors (Lipinski definition) is 0. The van der Waals surface area contributed by atoms with Crippen molar-refractivity contribution < 1.29 is 0 Å². The van der Waals surface area contributed by atoms with Gasteiger partial charge in [0.2, 0.25) is 0 Å². The maximum atomic E-state index is 2.45. The first-order valence-corrected chi connectivity index (χ1v) is 14.7. The van der Waals surface area contributed by atoms with Gasteiger partial charge in [0, 0.05) is 11.5 Å². The van der Waals surface area contributed by atoms with Gasteiger partial charge in [-0.1, -0.05) is 91.0 Å². The minimum atomic E-state index is 0.981. The molecule has 0 radical (unpaired) electrons. The van der Waals surface area contributed by atoms with Gasteiger partial charge in [0.1, 0.15) is 0 Å². The lowest BCUT2D eigenvalue weighted by molar-refractivity contribution is 1.26. The molecule has 0 bridgehead atoms. The van der Waals surface area contributed by atoms with E-state index in [1.54, 1.807) is 0 Å². The summed E-state index contributed by atoms with van der Waals surface area (Å²) in [5.41, 5.74) is 17.1. The number of thioether (sulfide) groups is 1. The van der Waals surface area contributed by atoms with Crippen LogP contribution in [-0.2, 0) is 17.9 Å². The summed E-state index contributed by atoms with van der Waals surface area (Å²) in [5.74, 6) is 2.23. The van der Waals surface area contributed by atoms with Crippen LogP contribution in [0.5, 0.6) is 0 Å². The number of aryl methyl sites for hydroxylation is 2. The third kappa shape index (κ3) is 3.18. The second kappa shape index (κ2) is 8.35. The van der Waals surface area contributed by atoms with E-state index in [1.807, 2.05) is 11.8 Å². The Hall–Kier alpha value is -3.81. The second-order valence-corrected chi connectivity index (χ2v) is 11.9. The molecule has 182 valence electrons. The van der Waals surface area contributed by atoms with Gasteiger partial charge in [-0.05, 0) is 115 Å². The number of fused-ring (bicyclic) bond motifs is 7. The van der Waals surface area contributed by atoms with Gasteiger partial charge in [-0.25, -0.2) is 0 Å². The highest BCUT2D eigenvalue weighted by Crippen LogP contribution is 2.51. The van der Waals surface area contributed by atoms with E-state index in [1.165, 1.54) is 88.3 Å². The van der Waals surface area contributed by atoms with Crippen molar-refractivity contribution in [3.05, 3.63) is 130 Å². The van der Waals surface area contributed by atoms with E-state index in [0.717, 1.165) is 17.9 Å². The summed E-state index contributed by atoms with van der Waals surface area (Å²) in [7, 11) is 0. The van der Waals surface area contributed by atoms with Crippen LogP contribution >= 0.6 is 11.8 Å². The molecule has 0 fully saturated rings. The molecule has 8 rings (SSSR count). The van der Waals surface area contributed by atoms with Gasteiger partial charge >= 0.3 is 0 Å². The minimum Gasteiger partial charge on any atom is -0.152 e. The van der Waals surface area contributed by atoms with E-state index < -0.39 is 0 Å². The first-order valence-electron chi connectivity index (χ1n) is 13.5. The Kier molecular flexibility index (Phi) is 4.88. The molecule has 6 aromatic rings. The molecule has 0 atom stereocenters.